The molecule has 3 rings (SSSR count). The van der Waals surface area contributed by atoms with Crippen LogP contribution >= 0.6 is 47.8 Å². The Morgan fingerprint density at radius 2 is 1.67 bits per heavy atom. The fourth-order valence-corrected chi connectivity index (χ4v) is 6.92. The second kappa shape index (κ2) is 3.77. The number of hydrogen-bond donors (Lipinski definition) is 0. The Labute approximate surface area is 114 Å². The lowest BCUT2D eigenvalue weighted by atomic mass is 9.79. The third kappa shape index (κ3) is 1.38. The average Bonchev–Trinajstić information content (AvgIpc) is 2.79. The van der Waals surface area contributed by atoms with Crippen molar-refractivity contribution in [2.75, 3.05) is 0 Å². The molecule has 0 aromatic carbocycles. The summed E-state index contributed by atoms with van der Waals surface area (Å²) in [5.74, 6) is 2.63. The number of fused-ring (bicyclic) bond motifs is 5. The molecule has 0 aliphatic heterocycles. The maximum Gasteiger partial charge on any atom is 0.108 e. The van der Waals surface area contributed by atoms with E-state index in [2.05, 4.69) is 53.0 Å². The number of halogens is 3. The molecule has 8 atom stereocenters. The summed E-state index contributed by atoms with van der Waals surface area (Å²) >= 11 is 11.2. The zero-order valence-electron chi connectivity index (χ0n) is 8.02. The Morgan fingerprint density at radius 1 is 0.933 bits per heavy atom. The van der Waals surface area contributed by atoms with Gasteiger partial charge in [0.1, 0.15) is 6.04 Å². The van der Waals surface area contributed by atoms with Crippen molar-refractivity contribution < 1.29 is 0 Å². The smallest absolute Gasteiger partial charge is 0.108 e. The first-order valence-corrected chi connectivity index (χ1v) is 8.14. The summed E-state index contributed by atoms with van der Waals surface area (Å²) in [6.07, 6.45) is 2.44. The summed E-state index contributed by atoms with van der Waals surface area (Å²) in [6.45, 7) is 0. The fraction of sp³-hybridized carbons (Fsp3) is 1.00. The monoisotopic (exact) mass is 399 g/mol. The number of rotatable bonds is 1. The lowest BCUT2D eigenvalue weighted by Crippen LogP contribution is -2.38. The van der Waals surface area contributed by atoms with Crippen LogP contribution in [0.5, 0.6) is 0 Å². The average molecular weight is 402 g/mol. The summed E-state index contributed by atoms with van der Waals surface area (Å²) < 4.78 is 0. The molecule has 0 heterocycles. The third-order valence-corrected chi connectivity index (χ3v) is 8.71. The molecule has 0 amide bonds. The molecule has 2 nitrogen and oxygen atoms in total. The van der Waals surface area contributed by atoms with Crippen LogP contribution < -0.4 is 0 Å². The summed E-state index contributed by atoms with van der Waals surface area (Å²) in [5, 5.41) is 3.34. The topological polar surface area (TPSA) is 29.4 Å². The number of alkyl halides is 3. The minimum absolute atomic E-state index is 0.00843. The molecule has 0 aromatic rings. The van der Waals surface area contributed by atoms with E-state index in [0.717, 1.165) is 5.92 Å². The first kappa shape index (κ1) is 11.1. The number of nitroso groups, excluding NO2 is 1. The zero-order chi connectivity index (χ0) is 10.7. The van der Waals surface area contributed by atoms with Crippen LogP contribution in [0, 0.1) is 28.6 Å². The van der Waals surface area contributed by atoms with Gasteiger partial charge in [-0.15, -0.1) is 0 Å². The Bertz CT molecular complexity index is 300. The van der Waals surface area contributed by atoms with Crippen molar-refractivity contribution in [3.05, 3.63) is 4.91 Å². The van der Waals surface area contributed by atoms with Crippen LogP contribution in [0.2, 0.25) is 0 Å². The molecule has 0 saturated heterocycles. The van der Waals surface area contributed by atoms with E-state index in [-0.39, 0.29) is 6.04 Å². The van der Waals surface area contributed by atoms with Gasteiger partial charge in [-0.3, -0.25) is 0 Å². The highest BCUT2D eigenvalue weighted by Gasteiger charge is 2.63. The molecular formula is C10H12Br3NO. The molecule has 3 fully saturated rings. The molecule has 3 aliphatic rings. The highest BCUT2D eigenvalue weighted by Crippen LogP contribution is 2.63. The van der Waals surface area contributed by atoms with Crippen LogP contribution in [0.1, 0.15) is 12.8 Å². The van der Waals surface area contributed by atoms with Crippen molar-refractivity contribution >= 4 is 47.8 Å². The van der Waals surface area contributed by atoms with Crippen molar-refractivity contribution in [3.8, 4) is 0 Å². The lowest BCUT2D eigenvalue weighted by molar-refractivity contribution is 0.248. The van der Waals surface area contributed by atoms with E-state index in [9.17, 15) is 4.91 Å². The molecule has 84 valence electrons. The van der Waals surface area contributed by atoms with Crippen LogP contribution in [0.15, 0.2) is 5.18 Å². The summed E-state index contributed by atoms with van der Waals surface area (Å²) in [5.41, 5.74) is 0. The summed E-state index contributed by atoms with van der Waals surface area (Å²) in [7, 11) is 0. The van der Waals surface area contributed by atoms with Crippen molar-refractivity contribution in [1.29, 1.82) is 0 Å². The van der Waals surface area contributed by atoms with Crippen molar-refractivity contribution in [2.24, 2.45) is 28.8 Å². The minimum Gasteiger partial charge on any atom is -0.150 e. The van der Waals surface area contributed by atoms with E-state index in [1.165, 1.54) is 12.8 Å². The van der Waals surface area contributed by atoms with E-state index in [0.29, 0.717) is 32.2 Å². The second-order valence-electron chi connectivity index (χ2n) is 5.04. The number of nitrogens with zero attached hydrogens (tertiary/aromatic N) is 1. The Balaban J connectivity index is 1.92. The maximum absolute atomic E-state index is 10.9. The van der Waals surface area contributed by atoms with Crippen molar-refractivity contribution in [3.63, 3.8) is 0 Å². The van der Waals surface area contributed by atoms with Gasteiger partial charge in [0.25, 0.3) is 0 Å². The van der Waals surface area contributed by atoms with Gasteiger partial charge < -0.3 is 0 Å². The number of hydrogen-bond acceptors (Lipinski definition) is 2. The Kier molecular flexibility index (Phi) is 2.80. The van der Waals surface area contributed by atoms with Crippen LogP contribution in [-0.2, 0) is 0 Å². The predicted molar refractivity (Wildman–Crippen MR) is 70.9 cm³/mol. The first-order valence-electron chi connectivity index (χ1n) is 5.40. The van der Waals surface area contributed by atoms with Gasteiger partial charge >= 0.3 is 0 Å². The summed E-state index contributed by atoms with van der Waals surface area (Å²) in [6, 6.07) is 0.00843. The molecule has 15 heavy (non-hydrogen) atoms. The van der Waals surface area contributed by atoms with Gasteiger partial charge in [-0.2, -0.15) is 4.91 Å². The van der Waals surface area contributed by atoms with Gasteiger partial charge in [0.2, 0.25) is 0 Å². The minimum atomic E-state index is 0.00843. The van der Waals surface area contributed by atoms with Crippen LogP contribution in [-0.4, -0.2) is 20.5 Å². The van der Waals surface area contributed by atoms with Crippen LogP contribution in [0.3, 0.4) is 0 Å². The molecule has 0 N–H and O–H groups in total. The maximum atomic E-state index is 10.9. The fourth-order valence-electron chi connectivity index (χ4n) is 4.04. The van der Waals surface area contributed by atoms with E-state index in [1.807, 2.05) is 0 Å². The highest BCUT2D eigenvalue weighted by molar-refractivity contribution is 9.12. The van der Waals surface area contributed by atoms with E-state index >= 15 is 0 Å². The normalized spacial score (nSPS) is 62.1. The van der Waals surface area contributed by atoms with Gasteiger partial charge in [0.05, 0.1) is 0 Å². The molecule has 3 saturated carbocycles. The molecular weight excluding hydrogens is 390 g/mol. The molecule has 8 unspecified atom stereocenters. The highest BCUT2D eigenvalue weighted by atomic mass is 79.9. The zero-order valence-corrected chi connectivity index (χ0v) is 12.8. The molecule has 2 bridgehead atoms. The van der Waals surface area contributed by atoms with Gasteiger partial charge in [-0.1, -0.05) is 53.0 Å². The largest absolute Gasteiger partial charge is 0.150 e. The van der Waals surface area contributed by atoms with Gasteiger partial charge in [0, 0.05) is 14.5 Å². The van der Waals surface area contributed by atoms with Crippen molar-refractivity contribution in [2.45, 2.75) is 33.4 Å². The third-order valence-electron chi connectivity index (χ3n) is 4.59. The van der Waals surface area contributed by atoms with Gasteiger partial charge in [0.15, 0.2) is 0 Å². The predicted octanol–water partition coefficient (Wildman–Crippen LogP) is 3.70. The van der Waals surface area contributed by atoms with Gasteiger partial charge in [-0.25, -0.2) is 0 Å². The molecule has 0 spiro atoms. The standard InChI is InChI=1S/C10H12Br3NO/c11-6-2-3-4-1-5(7(3)9(6)13)10(14-15)8(4)12/h3-10H,1-2H2. The lowest BCUT2D eigenvalue weighted by Gasteiger charge is -2.32. The molecule has 0 radical (unpaired) electrons. The Hall–Kier alpha value is 1.04. The Morgan fingerprint density at radius 3 is 2.33 bits per heavy atom. The SMILES string of the molecule is O=NC1C(Br)C2CC1C1C(Br)C(Br)CC21. The second-order valence-corrected chi connectivity index (χ2v) is 8.33. The van der Waals surface area contributed by atoms with Gasteiger partial charge in [-0.05, 0) is 36.5 Å². The van der Waals surface area contributed by atoms with Crippen molar-refractivity contribution in [1.82, 2.24) is 0 Å². The van der Waals surface area contributed by atoms with E-state index < -0.39 is 0 Å². The first-order chi connectivity index (χ1) is 7.15. The molecule has 5 heteroatoms. The molecule has 0 aromatic heterocycles. The molecule has 3 aliphatic carbocycles. The van der Waals surface area contributed by atoms with E-state index in [4.69, 9.17) is 0 Å². The van der Waals surface area contributed by atoms with Crippen LogP contribution in [0.4, 0.5) is 0 Å². The summed E-state index contributed by atoms with van der Waals surface area (Å²) in [4.78, 5) is 12.3. The van der Waals surface area contributed by atoms with E-state index in [1.54, 1.807) is 0 Å². The quantitative estimate of drug-likeness (QED) is 0.486. The van der Waals surface area contributed by atoms with Crippen LogP contribution in [0.25, 0.3) is 0 Å².